The summed E-state index contributed by atoms with van der Waals surface area (Å²) in [7, 11) is 0. The quantitative estimate of drug-likeness (QED) is 0.0998. The van der Waals surface area contributed by atoms with Gasteiger partial charge in [-0.3, -0.25) is 0 Å². The van der Waals surface area contributed by atoms with Crippen molar-refractivity contribution in [3.8, 4) is 22.3 Å². The summed E-state index contributed by atoms with van der Waals surface area (Å²) < 4.78 is 15.8. The molecule has 2 aromatic heterocycles. The first-order valence-corrected chi connectivity index (χ1v) is 53.5. The van der Waals surface area contributed by atoms with Crippen LogP contribution in [0.4, 0.5) is 102 Å². The number of para-hydroxylation sites is 3. The first-order chi connectivity index (χ1) is 70.0. The molecule has 1 atom stereocenters. The molecule has 1 unspecified atom stereocenters. The molecule has 0 saturated heterocycles. The van der Waals surface area contributed by atoms with Gasteiger partial charge in [-0.2, -0.15) is 0 Å². The zero-order chi connectivity index (χ0) is 102. The van der Waals surface area contributed by atoms with Crippen molar-refractivity contribution in [2.75, 3.05) is 29.4 Å². The molecule has 147 heavy (non-hydrogen) atoms. The molecule has 10 heteroatoms. The molecule has 0 amide bonds. The summed E-state index contributed by atoms with van der Waals surface area (Å²) in [6.45, 7) is 54.2. The predicted octanol–water partition coefficient (Wildman–Crippen LogP) is 34.3. The second-order valence-corrected chi connectivity index (χ2v) is 50.5. The van der Waals surface area contributed by atoms with Gasteiger partial charge in [0.15, 0.2) is 0 Å². The maximum Gasteiger partial charge on any atom is 0.297 e. The molecule has 0 fully saturated rings. The van der Waals surface area contributed by atoms with Gasteiger partial charge in [0, 0.05) is 90.1 Å². The van der Waals surface area contributed by atoms with Crippen molar-refractivity contribution >= 4 is 171 Å². The van der Waals surface area contributed by atoms with E-state index in [9.17, 15) is 0 Å². The fourth-order valence-electron chi connectivity index (χ4n) is 25.2. The molecule has 0 saturated carbocycles. The van der Waals surface area contributed by atoms with Crippen LogP contribution in [0.3, 0.4) is 0 Å². The Balaban J connectivity index is 0.752. The molecule has 0 bridgehead atoms. The van der Waals surface area contributed by atoms with E-state index in [1.165, 1.54) is 105 Å². The van der Waals surface area contributed by atoms with Crippen LogP contribution < -0.4 is 62.6 Å². The second kappa shape index (κ2) is 34.1. The fraction of sp³-hybridized carbons (Fsp3) is 0.270. The summed E-state index contributed by atoms with van der Waals surface area (Å²) in [5, 5.41) is 2.19. The van der Waals surface area contributed by atoms with Gasteiger partial charge in [-0.25, -0.2) is 0 Å². The van der Waals surface area contributed by atoms with Crippen molar-refractivity contribution in [2.24, 2.45) is 0 Å². The Morgan fingerprint density at radius 3 is 1.04 bits per heavy atom. The van der Waals surface area contributed by atoms with Crippen LogP contribution in [0.2, 0.25) is 0 Å². The first kappa shape index (κ1) is 94.8. The van der Waals surface area contributed by atoms with Gasteiger partial charge < -0.3 is 38.2 Å². The third-order valence-corrected chi connectivity index (χ3v) is 33.8. The Bertz CT molecular complexity index is 8240. The van der Waals surface area contributed by atoms with Crippen molar-refractivity contribution in [3.05, 3.63) is 407 Å². The Morgan fingerprint density at radius 1 is 0.279 bits per heavy atom. The van der Waals surface area contributed by atoms with Crippen LogP contribution >= 0.6 is 0 Å². The molecule has 6 aliphatic rings. The van der Waals surface area contributed by atoms with Crippen LogP contribution in [0, 0.1) is 6.92 Å². The largest absolute Gasteiger partial charge is 0.468 e. The Kier molecular flexibility index (Phi) is 22.0. The fourth-order valence-corrected chi connectivity index (χ4v) is 25.2. The maximum atomic E-state index is 8.00. The average Bonchev–Trinajstić information content (AvgIpc) is 1.64. The van der Waals surface area contributed by atoms with Crippen LogP contribution in [0.15, 0.2) is 355 Å². The summed E-state index contributed by atoms with van der Waals surface area (Å²) in [6, 6.07) is 134. The Labute approximate surface area is 872 Å². The van der Waals surface area contributed by atoms with Gasteiger partial charge in [0.1, 0.15) is 11.2 Å². The van der Waals surface area contributed by atoms with Crippen LogP contribution in [-0.4, -0.2) is 13.4 Å². The summed E-state index contributed by atoms with van der Waals surface area (Å²) in [5.74, 6) is 0. The number of nitrogens with zero attached hydrogens (tertiary/aromatic N) is 6. The number of aryl methyl sites for hydroxylation is 1. The van der Waals surface area contributed by atoms with Crippen molar-refractivity contribution in [1.29, 1.82) is 0 Å². The second-order valence-electron chi connectivity index (χ2n) is 50.5. The van der Waals surface area contributed by atoms with Crippen molar-refractivity contribution in [1.82, 2.24) is 0 Å². The number of rotatable bonds is 14. The molecule has 24 rings (SSSR count). The molecule has 6 heterocycles. The van der Waals surface area contributed by atoms with Gasteiger partial charge in [0.05, 0.1) is 45.4 Å². The monoisotopic (exact) mass is 1920 g/mol. The van der Waals surface area contributed by atoms with E-state index >= 15 is 0 Å². The molecule has 4 aliphatic heterocycles. The number of hydrogen-bond donors (Lipinski definition) is 0. The maximum absolute atomic E-state index is 8.00. The highest BCUT2D eigenvalue weighted by Gasteiger charge is 2.54. The molecular formula is C137H136B2N6O2. The van der Waals surface area contributed by atoms with E-state index in [1.807, 2.05) is 0 Å². The smallest absolute Gasteiger partial charge is 0.297 e. The van der Waals surface area contributed by atoms with Crippen LogP contribution in [0.25, 0.3) is 44.2 Å². The molecule has 18 aromatic rings. The normalized spacial score (nSPS) is 16.3. The number of fused-ring (bicyclic) bond motifs is 14. The summed E-state index contributed by atoms with van der Waals surface area (Å²) in [5.41, 5.74) is 45.6. The molecular weight excluding hydrogens is 1780 g/mol. The van der Waals surface area contributed by atoms with Gasteiger partial charge in [-0.05, 0) is 334 Å². The van der Waals surface area contributed by atoms with Gasteiger partial charge in [-0.1, -0.05) is 346 Å². The van der Waals surface area contributed by atoms with Gasteiger partial charge in [-0.15, -0.1) is 0 Å². The van der Waals surface area contributed by atoms with Crippen LogP contribution in [0.5, 0.6) is 0 Å². The lowest BCUT2D eigenvalue weighted by Gasteiger charge is -2.48. The summed E-state index contributed by atoms with van der Waals surface area (Å²) in [4.78, 5) is 15.7. The van der Waals surface area contributed by atoms with E-state index in [4.69, 9.17) is 8.83 Å². The van der Waals surface area contributed by atoms with E-state index in [1.54, 1.807) is 0 Å². The first-order valence-electron chi connectivity index (χ1n) is 53.5. The number of anilines is 18. The van der Waals surface area contributed by atoms with E-state index < -0.39 is 5.41 Å². The SMILES string of the molecule is Cc1ccc2oc3c(c2c1)N(c1ccc(C(C)(C)C)cc1)c1cc(N(c2ccccc2)c2cccc(CC4(C)CCC(C)(C)c5cc6c(cc54)B4c5oc7ccc(C(C)(C)C)cc7c5N(c5ccc(C(C)(C)C)cc5)c5cc(N(c7ccccc7)c7ccccc7)cc(c54)N6c4ccc(C(C)(C)C)cc4-c4ccccc4)c2)cc2c1B3c1cc3c(cc1N2c1ccc(C(C)(C)C)cc1-c1ccccc1)C(C)(C)CCC3(C)C. The number of benzene rings is 16. The highest BCUT2D eigenvalue weighted by Crippen LogP contribution is 2.60. The molecule has 16 aromatic carbocycles. The predicted molar refractivity (Wildman–Crippen MR) is 628 cm³/mol. The lowest BCUT2D eigenvalue weighted by atomic mass is 9.35. The van der Waals surface area contributed by atoms with Gasteiger partial charge in [0.25, 0.3) is 13.4 Å². The number of furan rings is 2. The Morgan fingerprint density at radius 2 is 0.619 bits per heavy atom. The zero-order valence-corrected chi connectivity index (χ0v) is 90.1. The van der Waals surface area contributed by atoms with Crippen LogP contribution in [0.1, 0.15) is 239 Å². The minimum Gasteiger partial charge on any atom is -0.468 e. The minimum absolute atomic E-state index is 0.0938. The average molecular weight is 1920 g/mol. The van der Waals surface area contributed by atoms with Gasteiger partial charge >= 0.3 is 0 Å². The lowest BCUT2D eigenvalue weighted by Crippen LogP contribution is -2.61. The molecule has 0 N–H and O–H groups in total. The van der Waals surface area contributed by atoms with E-state index in [-0.39, 0.29) is 56.7 Å². The standard InChI is InChI=1S/C137H136B2N6O2/c1-86-52-66-121-105(72-86)125-127(146-121)138-111-81-107-108(135(19,20)69-68-134(107,17)18)83-115(111)144(113-64-57-92(131(8,9)10)74-103(113)88-41-29-24-30-42-88)120-80-102(78-118(123(120)138)142(125)98-60-53-90(54-61-98)129(2,3)4)141(97-49-37-28-38-50-97)100-51-39-40-87(73-100)85-137(23)71-70-136(21,22)109-84-116-112(82-110(109)137)139-124-117(143(99-62-55-91(56-63-99)130(5,6)7)126-106-76-94(133(14,15)16)59-67-122(106)147-128(126)139)77-101(140(95-45-33-26-34-46-95)96-47-35-27-36-48-96)79-119(124)145(116)114-65-58-93(132(11,12)13)75-104(114)89-43-31-25-32-44-89/h24-67,72-84H,68-71,85H2,1-23H3. The number of hydrogen-bond acceptors (Lipinski definition) is 8. The molecule has 8 nitrogen and oxygen atoms in total. The topological polar surface area (TPSA) is 45.7 Å². The summed E-state index contributed by atoms with van der Waals surface area (Å²) >= 11 is 0. The van der Waals surface area contributed by atoms with Crippen molar-refractivity contribution in [2.45, 2.75) is 240 Å². The molecule has 2 aliphatic carbocycles. The highest BCUT2D eigenvalue weighted by molar-refractivity contribution is 7.01. The van der Waals surface area contributed by atoms with E-state index in [0.29, 0.717) is 0 Å². The molecule has 0 spiro atoms. The van der Waals surface area contributed by atoms with Gasteiger partial charge in [0.2, 0.25) is 0 Å². The Hall–Kier alpha value is -14.5. The minimum atomic E-state index is -0.412. The third-order valence-electron chi connectivity index (χ3n) is 33.8. The summed E-state index contributed by atoms with van der Waals surface area (Å²) in [6.07, 6.45) is 4.83. The lowest BCUT2D eigenvalue weighted by molar-refractivity contribution is 0.310. The zero-order valence-electron chi connectivity index (χ0n) is 90.1. The van der Waals surface area contributed by atoms with Crippen molar-refractivity contribution in [3.63, 3.8) is 0 Å². The highest BCUT2D eigenvalue weighted by atomic mass is 16.3. The molecule has 732 valence electrons. The van der Waals surface area contributed by atoms with Crippen molar-refractivity contribution < 1.29 is 8.83 Å². The molecule has 0 radical (unpaired) electrons. The van der Waals surface area contributed by atoms with E-state index in [0.717, 1.165) is 168 Å². The van der Waals surface area contributed by atoms with E-state index in [2.05, 4.69) is 534 Å². The third kappa shape index (κ3) is 15.9. The van der Waals surface area contributed by atoms with Crippen LogP contribution in [-0.2, 0) is 55.2 Å².